The maximum absolute atomic E-state index is 12.1. The predicted molar refractivity (Wildman–Crippen MR) is 84.6 cm³/mol. The highest BCUT2D eigenvalue weighted by Gasteiger charge is 2.32. The second-order valence-corrected chi connectivity index (χ2v) is 7.74. The quantitative estimate of drug-likeness (QED) is 0.535. The number of nitrogens with zero attached hydrogens (tertiary/aromatic N) is 2. The van der Waals surface area contributed by atoms with Crippen LogP contribution in [0.4, 0.5) is 13.2 Å². The molecule has 2 rings (SSSR count). The minimum atomic E-state index is -4.65. The topological polar surface area (TPSA) is 36.3 Å². The molecule has 0 aliphatic carbocycles. The number of nitriles is 1. The number of ether oxygens (including phenoxy) is 1. The zero-order valence-electron chi connectivity index (χ0n) is 11.9. The Balaban J connectivity index is 1.86. The van der Waals surface area contributed by atoms with Gasteiger partial charge in [0, 0.05) is 16.4 Å². The van der Waals surface area contributed by atoms with Gasteiger partial charge in [0.25, 0.3) is 0 Å². The fourth-order valence-electron chi connectivity index (χ4n) is 2.49. The predicted octanol–water partition coefficient (Wildman–Crippen LogP) is 4.27. The van der Waals surface area contributed by atoms with Crippen LogP contribution < -0.4 is 4.74 Å². The van der Waals surface area contributed by atoms with Crippen LogP contribution in [0.1, 0.15) is 24.8 Å². The zero-order chi connectivity index (χ0) is 16.2. The Labute approximate surface area is 141 Å². The van der Waals surface area contributed by atoms with E-state index in [1.165, 1.54) is 12.1 Å². The fraction of sp³-hybridized carbons (Fsp3) is 0.533. The van der Waals surface area contributed by atoms with Crippen LogP contribution in [-0.4, -0.2) is 27.8 Å². The number of halogens is 4. The van der Waals surface area contributed by atoms with Gasteiger partial charge in [-0.3, -0.25) is 4.90 Å². The van der Waals surface area contributed by atoms with E-state index in [1.807, 2.05) is 0 Å². The fourth-order valence-corrected chi connectivity index (χ4v) is 3.14. The number of hydrogen-bond donors (Lipinski definition) is 0. The molecular formula is C15H16F3IN2O. The van der Waals surface area contributed by atoms with Gasteiger partial charge in [0.05, 0.1) is 6.07 Å². The summed E-state index contributed by atoms with van der Waals surface area (Å²) in [6.07, 6.45) is -2.18. The number of likely N-dealkylation sites (tertiary alicyclic amines) is 1. The van der Waals surface area contributed by atoms with Crippen molar-refractivity contribution < 1.29 is 17.9 Å². The molecule has 1 aliphatic heterocycles. The maximum Gasteiger partial charge on any atom is 0.573 e. The molecule has 3 nitrogen and oxygen atoms in total. The molecule has 0 amide bonds. The first-order valence-electron chi connectivity index (χ1n) is 6.93. The number of alkyl halides is 4. The summed E-state index contributed by atoms with van der Waals surface area (Å²) >= 11 is 2.38. The summed E-state index contributed by atoms with van der Waals surface area (Å²) in [4.78, 5) is 2.26. The van der Waals surface area contributed by atoms with Gasteiger partial charge >= 0.3 is 6.36 Å². The standard InChI is InChI=1S/C15H16F3IN2O/c16-15(17,18)22-13-3-1-12(2-4-13)11-21-9-6-14(19,5-8-20)7-10-21/h1-4H,5-7,9-11H2. The van der Waals surface area contributed by atoms with Gasteiger partial charge in [0.2, 0.25) is 0 Å². The highest BCUT2D eigenvalue weighted by molar-refractivity contribution is 14.1. The van der Waals surface area contributed by atoms with Crippen molar-refractivity contribution in [2.45, 2.75) is 35.6 Å². The molecule has 1 aromatic rings. The number of piperidine rings is 1. The van der Waals surface area contributed by atoms with Gasteiger partial charge in [-0.05, 0) is 43.6 Å². The smallest absolute Gasteiger partial charge is 0.406 e. The van der Waals surface area contributed by atoms with E-state index in [2.05, 4.69) is 38.3 Å². The van der Waals surface area contributed by atoms with Crippen molar-refractivity contribution >= 4 is 22.6 Å². The van der Waals surface area contributed by atoms with Gasteiger partial charge in [0.1, 0.15) is 5.75 Å². The minimum Gasteiger partial charge on any atom is -0.406 e. The third kappa shape index (κ3) is 5.32. The van der Waals surface area contributed by atoms with Gasteiger partial charge in [-0.15, -0.1) is 13.2 Å². The maximum atomic E-state index is 12.1. The summed E-state index contributed by atoms with van der Waals surface area (Å²) < 4.78 is 40.2. The van der Waals surface area contributed by atoms with Gasteiger partial charge in [-0.1, -0.05) is 34.7 Å². The van der Waals surface area contributed by atoms with Gasteiger partial charge < -0.3 is 4.74 Å². The Kier molecular flexibility index (Phi) is 5.55. The first kappa shape index (κ1) is 17.3. The molecule has 0 N–H and O–H groups in total. The van der Waals surface area contributed by atoms with Crippen molar-refractivity contribution in [3.8, 4) is 11.8 Å². The summed E-state index contributed by atoms with van der Waals surface area (Å²) in [7, 11) is 0. The molecular weight excluding hydrogens is 408 g/mol. The molecule has 120 valence electrons. The lowest BCUT2D eigenvalue weighted by molar-refractivity contribution is -0.274. The molecule has 0 saturated carbocycles. The monoisotopic (exact) mass is 424 g/mol. The molecule has 22 heavy (non-hydrogen) atoms. The molecule has 1 fully saturated rings. The zero-order valence-corrected chi connectivity index (χ0v) is 14.0. The number of hydrogen-bond acceptors (Lipinski definition) is 3. The van der Waals surface area contributed by atoms with Crippen LogP contribution in [0.2, 0.25) is 0 Å². The van der Waals surface area contributed by atoms with E-state index in [0.717, 1.165) is 31.5 Å². The van der Waals surface area contributed by atoms with Crippen molar-refractivity contribution in [3.63, 3.8) is 0 Å². The van der Waals surface area contributed by atoms with Gasteiger partial charge in [-0.2, -0.15) is 5.26 Å². The van der Waals surface area contributed by atoms with E-state index in [1.54, 1.807) is 12.1 Å². The average Bonchev–Trinajstić information content (AvgIpc) is 2.42. The Hall–Kier alpha value is -1.01. The Morgan fingerprint density at radius 1 is 1.23 bits per heavy atom. The largest absolute Gasteiger partial charge is 0.573 e. The van der Waals surface area contributed by atoms with E-state index in [0.29, 0.717) is 13.0 Å². The lowest BCUT2D eigenvalue weighted by atomic mass is 9.94. The number of rotatable bonds is 4. The third-order valence-corrected chi connectivity index (χ3v) is 5.17. The molecule has 0 aromatic heterocycles. The van der Waals surface area contributed by atoms with Crippen LogP contribution in [0.25, 0.3) is 0 Å². The van der Waals surface area contributed by atoms with E-state index in [9.17, 15) is 13.2 Å². The minimum absolute atomic E-state index is 0.0629. The number of benzene rings is 1. The summed E-state index contributed by atoms with van der Waals surface area (Å²) in [5, 5.41) is 8.83. The van der Waals surface area contributed by atoms with Crippen LogP contribution in [0.3, 0.4) is 0 Å². The lowest BCUT2D eigenvalue weighted by Crippen LogP contribution is -2.40. The molecule has 0 bridgehead atoms. The van der Waals surface area contributed by atoms with Crippen LogP contribution in [0.15, 0.2) is 24.3 Å². The van der Waals surface area contributed by atoms with Crippen LogP contribution in [-0.2, 0) is 6.54 Å². The van der Waals surface area contributed by atoms with Gasteiger partial charge in [0.15, 0.2) is 0 Å². The molecule has 0 unspecified atom stereocenters. The SMILES string of the molecule is N#CCC1(I)CCN(Cc2ccc(OC(F)(F)F)cc2)CC1. The first-order chi connectivity index (χ1) is 10.3. The summed E-state index contributed by atoms with van der Waals surface area (Å²) in [6, 6.07) is 8.22. The van der Waals surface area contributed by atoms with Crippen LogP contribution in [0.5, 0.6) is 5.75 Å². The normalized spacial score (nSPS) is 18.7. The van der Waals surface area contributed by atoms with E-state index >= 15 is 0 Å². The molecule has 1 aliphatic rings. The second kappa shape index (κ2) is 7.04. The van der Waals surface area contributed by atoms with Crippen LogP contribution in [0, 0.1) is 11.3 Å². The Bertz CT molecular complexity index is 531. The summed E-state index contributed by atoms with van der Waals surface area (Å²) in [6.45, 7) is 2.49. The molecule has 0 radical (unpaired) electrons. The Morgan fingerprint density at radius 3 is 2.32 bits per heavy atom. The van der Waals surface area contributed by atoms with Crippen molar-refractivity contribution in [2.75, 3.05) is 13.1 Å². The summed E-state index contributed by atoms with van der Waals surface area (Å²) in [5.41, 5.74) is 0.954. The molecule has 7 heteroatoms. The van der Waals surface area contributed by atoms with Crippen molar-refractivity contribution in [2.24, 2.45) is 0 Å². The molecule has 1 saturated heterocycles. The molecule has 1 heterocycles. The highest BCUT2D eigenvalue weighted by atomic mass is 127. The average molecular weight is 424 g/mol. The van der Waals surface area contributed by atoms with Crippen LogP contribution >= 0.6 is 22.6 Å². The third-order valence-electron chi connectivity index (χ3n) is 3.71. The van der Waals surface area contributed by atoms with E-state index in [-0.39, 0.29) is 9.17 Å². The van der Waals surface area contributed by atoms with Crippen molar-refractivity contribution in [1.82, 2.24) is 4.90 Å². The molecule has 1 aromatic carbocycles. The van der Waals surface area contributed by atoms with E-state index < -0.39 is 6.36 Å². The Morgan fingerprint density at radius 2 is 1.82 bits per heavy atom. The lowest BCUT2D eigenvalue weighted by Gasteiger charge is -2.36. The summed E-state index contributed by atoms with van der Waals surface area (Å²) in [5.74, 6) is -0.199. The highest BCUT2D eigenvalue weighted by Crippen LogP contribution is 2.35. The molecule has 0 atom stereocenters. The second-order valence-electron chi connectivity index (χ2n) is 5.45. The van der Waals surface area contributed by atoms with E-state index in [4.69, 9.17) is 5.26 Å². The van der Waals surface area contributed by atoms with Crippen molar-refractivity contribution in [3.05, 3.63) is 29.8 Å². The van der Waals surface area contributed by atoms with Gasteiger partial charge in [-0.25, -0.2) is 0 Å². The van der Waals surface area contributed by atoms with Crippen molar-refractivity contribution in [1.29, 1.82) is 5.26 Å². The first-order valence-corrected chi connectivity index (χ1v) is 8.00. The molecule has 0 spiro atoms.